The van der Waals surface area contributed by atoms with Crippen molar-refractivity contribution < 1.29 is 0 Å². The summed E-state index contributed by atoms with van der Waals surface area (Å²) < 4.78 is 0. The Labute approximate surface area is 146 Å². The summed E-state index contributed by atoms with van der Waals surface area (Å²) in [7, 11) is 0. The van der Waals surface area contributed by atoms with Crippen LogP contribution in [0.25, 0.3) is 0 Å². The monoisotopic (exact) mass is 318 g/mol. The van der Waals surface area contributed by atoms with Crippen molar-refractivity contribution in [2.24, 2.45) is 23.7 Å². The molecule has 0 aromatic rings. The third-order valence-electron chi connectivity index (χ3n) is 6.81. The van der Waals surface area contributed by atoms with Gasteiger partial charge in [-0.2, -0.15) is 0 Å². The van der Waals surface area contributed by atoms with Crippen LogP contribution in [-0.4, -0.2) is 0 Å². The van der Waals surface area contributed by atoms with Gasteiger partial charge in [-0.15, -0.1) is 0 Å². The predicted octanol–water partition coefficient (Wildman–Crippen LogP) is 7.93. The Morgan fingerprint density at radius 2 is 1.09 bits per heavy atom. The zero-order valence-corrected chi connectivity index (χ0v) is 16.1. The van der Waals surface area contributed by atoms with Crippen LogP contribution >= 0.6 is 0 Å². The topological polar surface area (TPSA) is 0 Å². The molecule has 0 unspecified atom stereocenters. The fourth-order valence-electron chi connectivity index (χ4n) is 5.17. The van der Waals surface area contributed by atoms with E-state index in [9.17, 15) is 0 Å². The summed E-state index contributed by atoms with van der Waals surface area (Å²) in [6, 6.07) is 0. The Hall–Kier alpha value is -0.260. The first kappa shape index (κ1) is 19.1. The number of unbranched alkanes of at least 4 members (excludes halogenated alkanes) is 1. The van der Waals surface area contributed by atoms with E-state index >= 15 is 0 Å². The van der Waals surface area contributed by atoms with Crippen molar-refractivity contribution in [3.8, 4) is 0 Å². The minimum Gasteiger partial charge on any atom is -0.0917 e. The summed E-state index contributed by atoms with van der Waals surface area (Å²) in [4.78, 5) is 0. The minimum absolute atomic E-state index is 1.00. The predicted molar refractivity (Wildman–Crippen MR) is 104 cm³/mol. The molecule has 2 fully saturated rings. The Morgan fingerprint density at radius 3 is 1.52 bits per heavy atom. The van der Waals surface area contributed by atoms with Crippen LogP contribution in [0.5, 0.6) is 0 Å². The van der Waals surface area contributed by atoms with E-state index in [4.69, 9.17) is 0 Å². The Bertz CT molecular complexity index is 300. The molecule has 0 heterocycles. The quantitative estimate of drug-likeness (QED) is 0.299. The molecule has 0 amide bonds. The molecule has 0 aromatic heterocycles. The molecule has 2 aliphatic carbocycles. The van der Waals surface area contributed by atoms with Gasteiger partial charge in [0.05, 0.1) is 0 Å². The van der Waals surface area contributed by atoms with Gasteiger partial charge in [-0.3, -0.25) is 0 Å². The number of hydrogen-bond donors (Lipinski definition) is 0. The highest BCUT2D eigenvalue weighted by Gasteiger charge is 2.22. The van der Waals surface area contributed by atoms with Crippen LogP contribution < -0.4 is 0 Å². The van der Waals surface area contributed by atoms with Gasteiger partial charge in [-0.25, -0.2) is 0 Å². The Kier molecular flexibility index (Phi) is 9.39. The third-order valence-corrected chi connectivity index (χ3v) is 6.81. The maximum Gasteiger partial charge on any atom is -0.0322 e. The second-order valence-corrected chi connectivity index (χ2v) is 8.65. The summed E-state index contributed by atoms with van der Waals surface area (Å²) in [5, 5.41) is 0. The van der Waals surface area contributed by atoms with Crippen LogP contribution in [0.1, 0.15) is 110 Å². The summed E-state index contributed by atoms with van der Waals surface area (Å²) in [5.41, 5.74) is 0. The molecule has 0 aromatic carbocycles. The molecule has 0 atom stereocenters. The Balaban J connectivity index is 1.47. The van der Waals surface area contributed by atoms with E-state index < -0.39 is 0 Å². The first-order valence-electron chi connectivity index (χ1n) is 10.9. The molecule has 2 rings (SSSR count). The van der Waals surface area contributed by atoms with Crippen molar-refractivity contribution in [2.45, 2.75) is 110 Å². The first-order chi connectivity index (χ1) is 11.3. The summed E-state index contributed by atoms with van der Waals surface area (Å²) in [6.07, 6.45) is 27.1. The van der Waals surface area contributed by atoms with Gasteiger partial charge < -0.3 is 0 Å². The van der Waals surface area contributed by atoms with Crippen LogP contribution in [0.15, 0.2) is 12.2 Å². The van der Waals surface area contributed by atoms with E-state index in [0.29, 0.717) is 0 Å². The molecule has 0 radical (unpaired) electrons. The number of allylic oxidation sites excluding steroid dienone is 2. The lowest BCUT2D eigenvalue weighted by atomic mass is 9.77. The zero-order valence-electron chi connectivity index (χ0n) is 16.1. The van der Waals surface area contributed by atoms with Gasteiger partial charge in [0.15, 0.2) is 0 Å². The smallest absolute Gasteiger partial charge is 0.0322 e. The average Bonchev–Trinajstić information content (AvgIpc) is 2.59. The van der Waals surface area contributed by atoms with Gasteiger partial charge in [0.1, 0.15) is 0 Å². The van der Waals surface area contributed by atoms with Gasteiger partial charge in [-0.1, -0.05) is 96.1 Å². The second kappa shape index (κ2) is 11.3. The van der Waals surface area contributed by atoms with Crippen molar-refractivity contribution in [2.75, 3.05) is 0 Å². The highest BCUT2D eigenvalue weighted by atomic mass is 14.3. The maximum absolute atomic E-state index is 2.38. The van der Waals surface area contributed by atoms with E-state index in [1.54, 1.807) is 12.8 Å². The average molecular weight is 319 g/mol. The molecule has 134 valence electrons. The highest BCUT2D eigenvalue weighted by molar-refractivity contribution is 4.83. The SMILES string of the molecule is C/C=C/CC1CCC(CCCCC2CCC(CCC)CC2)CC1. The van der Waals surface area contributed by atoms with Crippen LogP contribution in [0.2, 0.25) is 0 Å². The standard InChI is InChI=1S/C23H42/c1-3-5-9-21-16-18-23(19-17-21)11-7-6-10-22-14-12-20(8-4-2)13-15-22/h3,5,20-23H,4,6-19H2,1-2H3/b5-3+. The lowest BCUT2D eigenvalue weighted by Crippen LogP contribution is -2.15. The largest absolute Gasteiger partial charge is 0.0917 e. The molecular weight excluding hydrogens is 276 g/mol. The van der Waals surface area contributed by atoms with Gasteiger partial charge in [-0.05, 0) is 49.9 Å². The second-order valence-electron chi connectivity index (χ2n) is 8.65. The summed E-state index contributed by atoms with van der Waals surface area (Å²) in [6.45, 7) is 4.50. The van der Waals surface area contributed by atoms with Crippen LogP contribution in [0.4, 0.5) is 0 Å². The van der Waals surface area contributed by atoms with Crippen molar-refractivity contribution in [1.29, 1.82) is 0 Å². The van der Waals surface area contributed by atoms with E-state index in [-0.39, 0.29) is 0 Å². The normalized spacial score (nSPS) is 32.4. The zero-order chi connectivity index (χ0) is 16.3. The molecule has 0 aliphatic heterocycles. The van der Waals surface area contributed by atoms with Gasteiger partial charge in [0.25, 0.3) is 0 Å². The molecule has 2 aliphatic rings. The fourth-order valence-corrected chi connectivity index (χ4v) is 5.17. The van der Waals surface area contributed by atoms with E-state index in [1.807, 2.05) is 0 Å². The molecule has 2 saturated carbocycles. The van der Waals surface area contributed by atoms with Gasteiger partial charge in [0.2, 0.25) is 0 Å². The molecule has 0 heteroatoms. The van der Waals surface area contributed by atoms with E-state index in [0.717, 1.165) is 23.7 Å². The third kappa shape index (κ3) is 7.44. The number of hydrogen-bond acceptors (Lipinski definition) is 0. The highest BCUT2D eigenvalue weighted by Crippen LogP contribution is 2.36. The van der Waals surface area contributed by atoms with Crippen LogP contribution in [0, 0.1) is 23.7 Å². The fraction of sp³-hybridized carbons (Fsp3) is 0.913. The summed E-state index contributed by atoms with van der Waals surface area (Å²) in [5.74, 6) is 4.23. The van der Waals surface area contributed by atoms with Crippen molar-refractivity contribution in [3.05, 3.63) is 12.2 Å². The molecule has 0 bridgehead atoms. The number of rotatable bonds is 9. The van der Waals surface area contributed by atoms with Gasteiger partial charge >= 0.3 is 0 Å². The maximum atomic E-state index is 2.38. The molecule has 0 N–H and O–H groups in total. The first-order valence-corrected chi connectivity index (χ1v) is 10.9. The van der Waals surface area contributed by atoms with Crippen molar-refractivity contribution in [1.82, 2.24) is 0 Å². The minimum atomic E-state index is 1.00. The molecular formula is C23H42. The summed E-state index contributed by atoms with van der Waals surface area (Å²) >= 11 is 0. The lowest BCUT2D eigenvalue weighted by molar-refractivity contribution is 0.237. The molecule has 0 nitrogen and oxygen atoms in total. The van der Waals surface area contributed by atoms with E-state index in [2.05, 4.69) is 26.0 Å². The molecule has 23 heavy (non-hydrogen) atoms. The Morgan fingerprint density at radius 1 is 0.652 bits per heavy atom. The van der Waals surface area contributed by atoms with Crippen molar-refractivity contribution in [3.63, 3.8) is 0 Å². The van der Waals surface area contributed by atoms with Gasteiger partial charge in [0, 0.05) is 0 Å². The van der Waals surface area contributed by atoms with Crippen molar-refractivity contribution >= 4 is 0 Å². The lowest BCUT2D eigenvalue weighted by Gasteiger charge is -2.29. The molecule has 0 saturated heterocycles. The van der Waals surface area contributed by atoms with E-state index in [1.165, 1.54) is 83.5 Å². The van der Waals surface area contributed by atoms with Crippen LogP contribution in [-0.2, 0) is 0 Å². The van der Waals surface area contributed by atoms with Crippen LogP contribution in [0.3, 0.4) is 0 Å². The molecule has 0 spiro atoms.